The fraction of sp³-hybridized carbons (Fsp3) is 0.867. The predicted molar refractivity (Wildman–Crippen MR) is 82.5 cm³/mol. The molecule has 2 atom stereocenters. The molecule has 0 bridgehead atoms. The number of amides is 3. The third-order valence-corrected chi connectivity index (χ3v) is 4.01. The molecule has 3 amide bonds. The van der Waals surface area contributed by atoms with E-state index < -0.39 is 25.0 Å². The largest absolute Gasteiger partial charge is 0.383 e. The lowest BCUT2D eigenvalue weighted by atomic mass is 10.0. The average Bonchev–Trinajstić information content (AvgIpc) is 2.50. The molecule has 0 aliphatic carbocycles. The van der Waals surface area contributed by atoms with Gasteiger partial charge in [-0.15, -0.1) is 0 Å². The second kappa shape index (κ2) is 9.64. The summed E-state index contributed by atoms with van der Waals surface area (Å²) in [4.78, 5) is 27.3. The first-order valence-electron chi connectivity index (χ1n) is 7.99. The zero-order chi connectivity index (χ0) is 17.4. The van der Waals surface area contributed by atoms with E-state index in [1.54, 1.807) is 11.8 Å². The maximum atomic E-state index is 12.6. The van der Waals surface area contributed by atoms with Crippen LogP contribution in [0.5, 0.6) is 0 Å². The molecule has 1 N–H and O–H groups in total. The van der Waals surface area contributed by atoms with Gasteiger partial charge in [0.15, 0.2) is 0 Å². The van der Waals surface area contributed by atoms with Crippen molar-refractivity contribution >= 4 is 11.9 Å². The number of halogens is 2. The quantitative estimate of drug-likeness (QED) is 0.770. The van der Waals surface area contributed by atoms with Crippen molar-refractivity contribution in [1.82, 2.24) is 15.1 Å². The van der Waals surface area contributed by atoms with Crippen LogP contribution in [0, 0.1) is 0 Å². The normalized spacial score (nSPS) is 19.6. The molecule has 1 aliphatic heterocycles. The molecule has 0 aromatic rings. The number of alkyl halides is 2. The summed E-state index contributed by atoms with van der Waals surface area (Å²) in [7, 11) is 1.43. The number of urea groups is 1. The highest BCUT2D eigenvalue weighted by Crippen LogP contribution is 2.17. The standard InChI is InChI=1S/C15H27F2N3O3/c1-11-6-4-5-7-20(11)14(21)12(2)18-15(22)19(8-9-23-3)10-13(16)17/h11-13H,4-10H2,1-3H3,(H,18,22). The maximum absolute atomic E-state index is 12.6. The molecule has 0 saturated carbocycles. The van der Waals surface area contributed by atoms with Gasteiger partial charge in [-0.25, -0.2) is 13.6 Å². The van der Waals surface area contributed by atoms with Crippen molar-refractivity contribution in [3.8, 4) is 0 Å². The summed E-state index contributed by atoms with van der Waals surface area (Å²) in [5.41, 5.74) is 0. The lowest BCUT2D eigenvalue weighted by Crippen LogP contribution is -2.54. The molecule has 0 spiro atoms. The summed E-state index contributed by atoms with van der Waals surface area (Å²) in [6.07, 6.45) is 0.343. The fourth-order valence-corrected chi connectivity index (χ4v) is 2.66. The molecule has 1 heterocycles. The molecule has 8 heteroatoms. The molecule has 0 aromatic carbocycles. The van der Waals surface area contributed by atoms with Gasteiger partial charge >= 0.3 is 6.03 Å². The number of methoxy groups -OCH3 is 1. The van der Waals surface area contributed by atoms with E-state index >= 15 is 0 Å². The molecular formula is C15H27F2N3O3. The summed E-state index contributed by atoms with van der Waals surface area (Å²) >= 11 is 0. The van der Waals surface area contributed by atoms with Crippen LogP contribution in [0.3, 0.4) is 0 Å². The van der Waals surface area contributed by atoms with Gasteiger partial charge in [-0.1, -0.05) is 0 Å². The van der Waals surface area contributed by atoms with Gasteiger partial charge in [0.1, 0.15) is 6.04 Å². The van der Waals surface area contributed by atoms with E-state index in [9.17, 15) is 18.4 Å². The zero-order valence-corrected chi connectivity index (χ0v) is 14.1. The Morgan fingerprint density at radius 2 is 2.09 bits per heavy atom. The Balaban J connectivity index is 2.59. The van der Waals surface area contributed by atoms with Crippen molar-refractivity contribution in [2.45, 2.75) is 51.6 Å². The number of likely N-dealkylation sites (tertiary alicyclic amines) is 1. The second-order valence-corrected chi connectivity index (χ2v) is 5.88. The first kappa shape index (κ1) is 19.6. The molecule has 1 saturated heterocycles. The number of hydrogen-bond donors (Lipinski definition) is 1. The van der Waals surface area contributed by atoms with E-state index in [2.05, 4.69) is 5.32 Å². The van der Waals surface area contributed by atoms with E-state index in [1.165, 1.54) is 7.11 Å². The third kappa shape index (κ3) is 6.29. The average molecular weight is 335 g/mol. The highest BCUT2D eigenvalue weighted by atomic mass is 19.3. The van der Waals surface area contributed by atoms with Crippen LogP contribution < -0.4 is 5.32 Å². The van der Waals surface area contributed by atoms with Crippen LogP contribution in [-0.2, 0) is 9.53 Å². The predicted octanol–water partition coefficient (Wildman–Crippen LogP) is 1.70. The van der Waals surface area contributed by atoms with Crippen molar-refractivity contribution in [1.29, 1.82) is 0 Å². The van der Waals surface area contributed by atoms with Crippen LogP contribution in [0.15, 0.2) is 0 Å². The van der Waals surface area contributed by atoms with Crippen molar-refractivity contribution in [2.75, 3.05) is 33.4 Å². The van der Waals surface area contributed by atoms with Gasteiger partial charge < -0.3 is 19.9 Å². The van der Waals surface area contributed by atoms with Gasteiger partial charge in [0, 0.05) is 26.2 Å². The van der Waals surface area contributed by atoms with Crippen molar-refractivity contribution in [3.63, 3.8) is 0 Å². The van der Waals surface area contributed by atoms with Gasteiger partial charge in [0.2, 0.25) is 5.91 Å². The van der Waals surface area contributed by atoms with Gasteiger partial charge in [-0.05, 0) is 33.1 Å². The third-order valence-electron chi connectivity index (χ3n) is 4.01. The first-order valence-corrected chi connectivity index (χ1v) is 7.99. The number of carbonyl (C=O) groups is 2. The summed E-state index contributed by atoms with van der Waals surface area (Å²) in [6.45, 7) is 3.76. The maximum Gasteiger partial charge on any atom is 0.318 e. The van der Waals surface area contributed by atoms with Gasteiger partial charge in [-0.3, -0.25) is 4.79 Å². The number of piperidine rings is 1. The highest BCUT2D eigenvalue weighted by Gasteiger charge is 2.29. The molecule has 1 fully saturated rings. The van der Waals surface area contributed by atoms with Gasteiger partial charge in [-0.2, -0.15) is 0 Å². The fourth-order valence-electron chi connectivity index (χ4n) is 2.66. The Hall–Kier alpha value is -1.44. The minimum Gasteiger partial charge on any atom is -0.383 e. The Labute approximate surface area is 136 Å². The summed E-state index contributed by atoms with van der Waals surface area (Å²) < 4.78 is 30.0. The smallest absolute Gasteiger partial charge is 0.318 e. The number of nitrogens with zero attached hydrogens (tertiary/aromatic N) is 2. The number of nitrogens with one attached hydrogen (secondary N) is 1. The van der Waals surface area contributed by atoms with E-state index in [0.717, 1.165) is 24.2 Å². The Morgan fingerprint density at radius 1 is 1.39 bits per heavy atom. The lowest BCUT2D eigenvalue weighted by Gasteiger charge is -2.35. The molecule has 0 aromatic heterocycles. The Kier molecular flexibility index (Phi) is 8.22. The SMILES string of the molecule is COCCN(CC(F)F)C(=O)NC(C)C(=O)N1CCCCC1C. The van der Waals surface area contributed by atoms with Crippen LogP contribution in [0.2, 0.25) is 0 Å². The van der Waals surface area contributed by atoms with E-state index in [-0.39, 0.29) is 25.1 Å². The summed E-state index contributed by atoms with van der Waals surface area (Å²) in [5, 5.41) is 2.52. The number of ether oxygens (including phenoxy) is 1. The lowest BCUT2D eigenvalue weighted by molar-refractivity contribution is -0.136. The number of hydrogen-bond acceptors (Lipinski definition) is 3. The topological polar surface area (TPSA) is 61.9 Å². The molecule has 6 nitrogen and oxygen atoms in total. The van der Waals surface area contributed by atoms with Crippen LogP contribution in [0.4, 0.5) is 13.6 Å². The highest BCUT2D eigenvalue weighted by molar-refractivity contribution is 5.87. The van der Waals surface area contributed by atoms with Crippen molar-refractivity contribution in [2.24, 2.45) is 0 Å². The zero-order valence-electron chi connectivity index (χ0n) is 14.1. The van der Waals surface area contributed by atoms with Crippen molar-refractivity contribution < 1.29 is 23.1 Å². The molecular weight excluding hydrogens is 308 g/mol. The number of rotatable bonds is 7. The summed E-state index contributed by atoms with van der Waals surface area (Å²) in [6, 6.07) is -1.28. The van der Waals surface area contributed by atoms with Crippen LogP contribution in [-0.4, -0.2) is 73.6 Å². The molecule has 2 unspecified atom stereocenters. The molecule has 1 aliphatic rings. The minimum absolute atomic E-state index is 0.0493. The monoisotopic (exact) mass is 335 g/mol. The first-order chi connectivity index (χ1) is 10.9. The Bertz CT molecular complexity index is 396. The van der Waals surface area contributed by atoms with E-state index in [1.807, 2.05) is 6.92 Å². The van der Waals surface area contributed by atoms with Crippen LogP contribution in [0.1, 0.15) is 33.1 Å². The molecule has 23 heavy (non-hydrogen) atoms. The van der Waals surface area contributed by atoms with Crippen molar-refractivity contribution in [3.05, 3.63) is 0 Å². The van der Waals surface area contributed by atoms with E-state index in [0.29, 0.717) is 6.54 Å². The second-order valence-electron chi connectivity index (χ2n) is 5.88. The Morgan fingerprint density at radius 3 is 2.65 bits per heavy atom. The molecule has 0 radical (unpaired) electrons. The van der Waals surface area contributed by atoms with Gasteiger partial charge in [0.05, 0.1) is 13.2 Å². The molecule has 1 rings (SSSR count). The minimum atomic E-state index is -2.63. The summed E-state index contributed by atoms with van der Waals surface area (Å²) in [5.74, 6) is -0.172. The molecule has 134 valence electrons. The number of carbonyl (C=O) groups excluding carboxylic acids is 2. The van der Waals surface area contributed by atoms with Crippen LogP contribution in [0.25, 0.3) is 0 Å². The van der Waals surface area contributed by atoms with Crippen LogP contribution >= 0.6 is 0 Å². The van der Waals surface area contributed by atoms with Gasteiger partial charge in [0.25, 0.3) is 6.43 Å². The van der Waals surface area contributed by atoms with E-state index in [4.69, 9.17) is 4.74 Å².